The van der Waals surface area contributed by atoms with Crippen molar-refractivity contribution in [1.29, 1.82) is 0 Å². The van der Waals surface area contributed by atoms with Gasteiger partial charge in [-0.3, -0.25) is 0 Å². The van der Waals surface area contributed by atoms with Crippen LogP contribution in [0.5, 0.6) is 0 Å². The van der Waals surface area contributed by atoms with Crippen molar-refractivity contribution in [3.63, 3.8) is 0 Å². The number of hydrogen-bond donors (Lipinski definition) is 3. The van der Waals surface area contributed by atoms with Gasteiger partial charge in [-0.05, 0) is 67.6 Å². The summed E-state index contributed by atoms with van der Waals surface area (Å²) in [4.78, 5) is 20.7. The van der Waals surface area contributed by atoms with Crippen molar-refractivity contribution >= 4 is 23.3 Å². The van der Waals surface area contributed by atoms with Crippen LogP contribution >= 0.6 is 0 Å². The molecule has 0 amide bonds. The quantitative estimate of drug-likeness (QED) is 0.302. The third-order valence-corrected chi connectivity index (χ3v) is 5.78. The van der Waals surface area contributed by atoms with Gasteiger partial charge in [-0.15, -0.1) is 0 Å². The molecule has 1 aromatic heterocycles. The summed E-state index contributed by atoms with van der Waals surface area (Å²) in [6.45, 7) is 2.97. The average molecular weight is 465 g/mol. The zero-order valence-corrected chi connectivity index (χ0v) is 19.3. The van der Waals surface area contributed by atoms with Crippen molar-refractivity contribution in [3.8, 4) is 0 Å². The molecule has 0 bridgehead atoms. The predicted molar refractivity (Wildman–Crippen MR) is 131 cm³/mol. The van der Waals surface area contributed by atoms with Gasteiger partial charge in [-0.25, -0.2) is 9.59 Å². The molecule has 0 aliphatic carbocycles. The molecule has 2 aromatic carbocycles. The van der Waals surface area contributed by atoms with Crippen molar-refractivity contribution in [1.82, 2.24) is 5.32 Å². The molecule has 4 rings (SSSR count). The van der Waals surface area contributed by atoms with Crippen molar-refractivity contribution in [2.75, 3.05) is 18.0 Å². The van der Waals surface area contributed by atoms with Crippen LogP contribution in [-0.4, -0.2) is 35.2 Å². The Morgan fingerprint density at radius 3 is 1.94 bits per heavy atom. The number of aryl methyl sites for hydroxylation is 2. The second-order valence-corrected chi connectivity index (χ2v) is 8.19. The number of anilines is 2. The average Bonchev–Trinajstić information content (AvgIpc) is 3.31. The molecule has 3 aromatic rings. The van der Waals surface area contributed by atoms with Gasteiger partial charge in [0.05, 0.1) is 12.8 Å². The molecule has 0 atom stereocenters. The van der Waals surface area contributed by atoms with Crippen LogP contribution in [0.25, 0.3) is 0 Å². The monoisotopic (exact) mass is 464 g/mol. The van der Waals surface area contributed by atoms with E-state index in [2.05, 4.69) is 58.7 Å². The molecular weight excluding hydrogens is 432 g/mol. The van der Waals surface area contributed by atoms with Gasteiger partial charge in [0, 0.05) is 17.9 Å². The lowest BCUT2D eigenvalue weighted by Crippen LogP contribution is -2.20. The van der Waals surface area contributed by atoms with Gasteiger partial charge in [-0.2, -0.15) is 0 Å². The Labute approximate surface area is 200 Å². The second-order valence-electron chi connectivity index (χ2n) is 8.19. The number of rotatable bonds is 9. The summed E-state index contributed by atoms with van der Waals surface area (Å²) < 4.78 is 5.35. The number of furan rings is 1. The van der Waals surface area contributed by atoms with Crippen LogP contribution in [0.1, 0.15) is 42.6 Å². The normalized spacial score (nSPS) is 12.1. The lowest BCUT2D eigenvalue weighted by molar-refractivity contribution is -0.159. The number of benzene rings is 2. The Morgan fingerprint density at radius 2 is 1.38 bits per heavy atom. The molecule has 1 aliphatic heterocycles. The highest BCUT2D eigenvalue weighted by Gasteiger charge is 2.19. The topological polar surface area (TPSA) is 103 Å². The maximum Gasteiger partial charge on any atom is 0.414 e. The van der Waals surface area contributed by atoms with E-state index in [1.54, 1.807) is 6.26 Å². The first-order valence-corrected chi connectivity index (χ1v) is 11.7. The van der Waals surface area contributed by atoms with Crippen molar-refractivity contribution in [2.45, 2.75) is 45.1 Å². The third kappa shape index (κ3) is 7.49. The number of hydrogen-bond acceptors (Lipinski definition) is 5. The van der Waals surface area contributed by atoms with Crippen LogP contribution in [0.4, 0.5) is 11.4 Å². The Bertz CT molecular complexity index is 989. The summed E-state index contributed by atoms with van der Waals surface area (Å²) in [5.74, 6) is -2.64. The SMILES string of the molecule is O=C(O)C(=O)O.c1coc(CNCCCCCCN2c3ccccc3CCc3ccccc32)c1. The molecule has 34 heavy (non-hydrogen) atoms. The highest BCUT2D eigenvalue weighted by atomic mass is 16.4. The molecule has 0 spiro atoms. The maximum atomic E-state index is 9.10. The van der Waals surface area contributed by atoms with Crippen molar-refractivity contribution < 1.29 is 24.2 Å². The molecule has 180 valence electrons. The highest BCUT2D eigenvalue weighted by Crippen LogP contribution is 2.36. The predicted octanol–water partition coefficient (Wildman–Crippen LogP) is 5.02. The van der Waals surface area contributed by atoms with E-state index in [1.807, 2.05) is 12.1 Å². The molecule has 1 aliphatic rings. The van der Waals surface area contributed by atoms with Gasteiger partial charge in [0.25, 0.3) is 0 Å². The fourth-order valence-corrected chi connectivity index (χ4v) is 4.11. The summed E-state index contributed by atoms with van der Waals surface area (Å²) >= 11 is 0. The molecule has 0 saturated carbocycles. The molecular formula is C27H32N2O5. The first-order chi connectivity index (χ1) is 16.6. The minimum atomic E-state index is -1.82. The summed E-state index contributed by atoms with van der Waals surface area (Å²) in [6.07, 6.45) is 8.96. The van der Waals surface area contributed by atoms with Crippen molar-refractivity contribution in [2.24, 2.45) is 0 Å². The summed E-state index contributed by atoms with van der Waals surface area (Å²) in [7, 11) is 0. The Morgan fingerprint density at radius 1 is 0.794 bits per heavy atom. The minimum absolute atomic E-state index is 0.828. The smallest absolute Gasteiger partial charge is 0.414 e. The van der Waals surface area contributed by atoms with E-state index in [0.29, 0.717) is 0 Å². The molecule has 7 nitrogen and oxygen atoms in total. The Balaban J connectivity index is 0.000000481. The first kappa shape index (κ1) is 25.1. The van der Waals surface area contributed by atoms with E-state index >= 15 is 0 Å². The van der Waals surface area contributed by atoms with Gasteiger partial charge >= 0.3 is 11.9 Å². The number of aliphatic carboxylic acids is 2. The van der Waals surface area contributed by atoms with Gasteiger partial charge in [0.2, 0.25) is 0 Å². The maximum absolute atomic E-state index is 9.10. The van der Waals surface area contributed by atoms with E-state index in [9.17, 15) is 0 Å². The van der Waals surface area contributed by atoms with E-state index in [4.69, 9.17) is 24.2 Å². The molecule has 3 N–H and O–H groups in total. The summed E-state index contributed by atoms with van der Waals surface area (Å²) in [6, 6.07) is 21.8. The van der Waals surface area contributed by atoms with Crippen LogP contribution in [0.2, 0.25) is 0 Å². The van der Waals surface area contributed by atoms with Gasteiger partial charge < -0.3 is 24.8 Å². The Kier molecular flexibility index (Phi) is 9.73. The number of carboxylic acids is 2. The zero-order chi connectivity index (χ0) is 24.2. The fourth-order valence-electron chi connectivity index (χ4n) is 4.11. The van der Waals surface area contributed by atoms with Gasteiger partial charge in [0.1, 0.15) is 5.76 Å². The standard InChI is InChI=1S/C25H30N2O.C2H2O4/c1(7-17-26-20-23-12-9-19-28-23)2-8-18-27-24-13-5-3-10-21(24)15-16-22-11-4-6-14-25(22)27;3-1(4)2(5)6/h3-6,9-14,19,26H,1-2,7-8,15-18,20H2;(H,3,4)(H,5,6). The second kappa shape index (κ2) is 13.2. The molecule has 0 radical (unpaired) electrons. The number of unbranched alkanes of at least 4 members (excludes halogenated alkanes) is 3. The molecule has 7 heteroatoms. The van der Waals surface area contributed by atoms with Gasteiger partial charge in [0.15, 0.2) is 0 Å². The Hall–Kier alpha value is -3.58. The number of fused-ring (bicyclic) bond motifs is 2. The lowest BCUT2D eigenvalue weighted by Gasteiger charge is -2.27. The van der Waals surface area contributed by atoms with Crippen LogP contribution in [0, 0.1) is 0 Å². The largest absolute Gasteiger partial charge is 0.473 e. The first-order valence-electron chi connectivity index (χ1n) is 11.7. The molecule has 0 unspecified atom stereocenters. The number of carboxylic acid groups (broad SMARTS) is 2. The van der Waals surface area contributed by atoms with E-state index in [1.165, 1.54) is 48.2 Å². The number of nitrogens with one attached hydrogen (secondary N) is 1. The molecule has 2 heterocycles. The van der Waals surface area contributed by atoms with Gasteiger partial charge in [-0.1, -0.05) is 49.2 Å². The van der Waals surface area contributed by atoms with Crippen LogP contribution < -0.4 is 10.2 Å². The minimum Gasteiger partial charge on any atom is -0.473 e. The molecule has 0 saturated heterocycles. The highest BCUT2D eigenvalue weighted by molar-refractivity contribution is 6.27. The summed E-state index contributed by atoms with van der Waals surface area (Å²) in [5.41, 5.74) is 5.74. The number of para-hydroxylation sites is 2. The van der Waals surface area contributed by atoms with E-state index in [0.717, 1.165) is 38.2 Å². The molecule has 0 fully saturated rings. The number of carbonyl (C=O) groups is 2. The van der Waals surface area contributed by atoms with Crippen LogP contribution in [-0.2, 0) is 29.0 Å². The number of nitrogens with zero attached hydrogens (tertiary/aromatic N) is 1. The van der Waals surface area contributed by atoms with Crippen LogP contribution in [0.15, 0.2) is 71.3 Å². The fraction of sp³-hybridized carbons (Fsp3) is 0.333. The lowest BCUT2D eigenvalue weighted by atomic mass is 10.0. The van der Waals surface area contributed by atoms with Crippen molar-refractivity contribution in [3.05, 3.63) is 83.8 Å². The van der Waals surface area contributed by atoms with E-state index in [-0.39, 0.29) is 0 Å². The van der Waals surface area contributed by atoms with E-state index < -0.39 is 11.9 Å². The van der Waals surface area contributed by atoms with Crippen LogP contribution in [0.3, 0.4) is 0 Å². The third-order valence-electron chi connectivity index (χ3n) is 5.78. The zero-order valence-electron chi connectivity index (χ0n) is 19.3. The summed E-state index contributed by atoms with van der Waals surface area (Å²) in [5, 5.41) is 18.2.